The molecular formula is C9H17NO6. The maximum atomic E-state index is 9.77. The van der Waals surface area contributed by atoms with Crippen LogP contribution >= 0.6 is 0 Å². The van der Waals surface area contributed by atoms with Crippen molar-refractivity contribution in [2.75, 3.05) is 6.54 Å². The third-order valence-corrected chi connectivity index (χ3v) is 3.58. The Kier molecular flexibility index (Phi) is 3.19. The maximum Gasteiger partial charge on any atom is 0.108 e. The lowest BCUT2D eigenvalue weighted by Gasteiger charge is -2.27. The van der Waals surface area contributed by atoms with Crippen LogP contribution in [0.1, 0.15) is 0 Å². The quantitative estimate of drug-likeness (QED) is 0.226. The van der Waals surface area contributed by atoms with Gasteiger partial charge in [0.1, 0.15) is 12.2 Å². The molecule has 1 saturated carbocycles. The number of aliphatic hydroxyl groups is 6. The van der Waals surface area contributed by atoms with E-state index >= 15 is 0 Å². The minimum Gasteiger partial charge on any atom is -0.390 e. The van der Waals surface area contributed by atoms with Crippen LogP contribution in [0.3, 0.4) is 0 Å². The molecule has 1 heterocycles. The van der Waals surface area contributed by atoms with Crippen LogP contribution in [0.4, 0.5) is 0 Å². The van der Waals surface area contributed by atoms with E-state index in [1.165, 1.54) is 0 Å². The molecule has 7 N–H and O–H groups in total. The van der Waals surface area contributed by atoms with Gasteiger partial charge in [-0.2, -0.15) is 0 Å². The van der Waals surface area contributed by atoms with Gasteiger partial charge in [-0.25, -0.2) is 0 Å². The minimum atomic E-state index is -1.41. The molecule has 0 unspecified atom stereocenters. The zero-order valence-electron chi connectivity index (χ0n) is 8.51. The summed E-state index contributed by atoms with van der Waals surface area (Å²) >= 11 is 0. The number of hydrogen-bond acceptors (Lipinski definition) is 7. The molecule has 8 atom stereocenters. The van der Waals surface area contributed by atoms with Crippen molar-refractivity contribution in [3.8, 4) is 0 Å². The summed E-state index contributed by atoms with van der Waals surface area (Å²) in [7, 11) is 0. The molecule has 1 saturated heterocycles. The normalized spacial score (nSPS) is 58.1. The van der Waals surface area contributed by atoms with E-state index in [2.05, 4.69) is 5.32 Å². The lowest BCUT2D eigenvalue weighted by atomic mass is 9.91. The van der Waals surface area contributed by atoms with E-state index in [-0.39, 0.29) is 6.54 Å². The second kappa shape index (κ2) is 4.19. The SMILES string of the molecule is O[C@@H]1[C@@H](O)[C@@H]2NC[C@H](O)[C@H](O)[C@@H](O)[C@@H]2[C@H]1O. The van der Waals surface area contributed by atoms with E-state index in [9.17, 15) is 30.6 Å². The molecule has 2 rings (SSSR count). The van der Waals surface area contributed by atoms with Crippen LogP contribution in [0, 0.1) is 5.92 Å². The molecule has 7 heteroatoms. The van der Waals surface area contributed by atoms with Crippen molar-refractivity contribution in [2.24, 2.45) is 5.92 Å². The van der Waals surface area contributed by atoms with Gasteiger partial charge in [0.25, 0.3) is 0 Å². The number of fused-ring (bicyclic) bond motifs is 1. The highest BCUT2D eigenvalue weighted by molar-refractivity contribution is 5.08. The number of nitrogens with one attached hydrogen (secondary N) is 1. The fraction of sp³-hybridized carbons (Fsp3) is 1.00. The van der Waals surface area contributed by atoms with Crippen molar-refractivity contribution in [2.45, 2.75) is 42.7 Å². The van der Waals surface area contributed by atoms with Crippen molar-refractivity contribution in [1.82, 2.24) is 5.32 Å². The van der Waals surface area contributed by atoms with E-state index in [0.29, 0.717) is 0 Å². The van der Waals surface area contributed by atoms with E-state index in [0.717, 1.165) is 0 Å². The van der Waals surface area contributed by atoms with Crippen molar-refractivity contribution in [3.05, 3.63) is 0 Å². The van der Waals surface area contributed by atoms with Gasteiger partial charge in [-0.15, -0.1) is 0 Å². The summed E-state index contributed by atoms with van der Waals surface area (Å²) in [6.07, 6.45) is -7.89. The Morgan fingerprint density at radius 1 is 0.688 bits per heavy atom. The molecule has 2 fully saturated rings. The first-order valence-corrected chi connectivity index (χ1v) is 5.27. The van der Waals surface area contributed by atoms with E-state index in [1.807, 2.05) is 0 Å². The first-order valence-electron chi connectivity index (χ1n) is 5.27. The summed E-state index contributed by atoms with van der Waals surface area (Å²) in [5.41, 5.74) is 0. The molecule has 16 heavy (non-hydrogen) atoms. The van der Waals surface area contributed by atoms with E-state index in [1.54, 1.807) is 0 Å². The Morgan fingerprint density at radius 2 is 1.25 bits per heavy atom. The second-order valence-corrected chi connectivity index (χ2v) is 4.53. The first kappa shape index (κ1) is 12.2. The zero-order chi connectivity index (χ0) is 12.0. The topological polar surface area (TPSA) is 133 Å². The van der Waals surface area contributed by atoms with Gasteiger partial charge in [0, 0.05) is 18.5 Å². The van der Waals surface area contributed by atoms with Gasteiger partial charge >= 0.3 is 0 Å². The summed E-state index contributed by atoms with van der Waals surface area (Å²) in [5.74, 6) is -0.905. The molecule has 1 aliphatic carbocycles. The summed E-state index contributed by atoms with van der Waals surface area (Å²) in [6.45, 7) is -0.0180. The Morgan fingerprint density at radius 3 is 1.88 bits per heavy atom. The van der Waals surface area contributed by atoms with Crippen molar-refractivity contribution >= 4 is 0 Å². The Hall–Kier alpha value is -0.280. The predicted octanol–water partition coefficient (Wildman–Crippen LogP) is -4.25. The molecular weight excluding hydrogens is 218 g/mol. The molecule has 0 aromatic carbocycles. The molecule has 94 valence electrons. The van der Waals surface area contributed by atoms with Gasteiger partial charge < -0.3 is 36.0 Å². The number of aliphatic hydroxyl groups excluding tert-OH is 6. The largest absolute Gasteiger partial charge is 0.390 e. The van der Waals surface area contributed by atoms with Crippen LogP contribution in [0.15, 0.2) is 0 Å². The minimum absolute atomic E-state index is 0.0180. The maximum absolute atomic E-state index is 9.77. The van der Waals surface area contributed by atoms with Crippen LogP contribution in [-0.2, 0) is 0 Å². The fourth-order valence-corrected chi connectivity index (χ4v) is 2.59. The Bertz CT molecular complexity index is 264. The van der Waals surface area contributed by atoms with Crippen LogP contribution in [0.5, 0.6) is 0 Å². The average molecular weight is 235 g/mol. The number of hydrogen-bond donors (Lipinski definition) is 7. The molecule has 0 bridgehead atoms. The number of rotatable bonds is 0. The highest BCUT2D eigenvalue weighted by Crippen LogP contribution is 2.33. The number of β-amino-alcohol motifs (C(OH)–C–C–N with tert-alkyl or cyclic N) is 1. The Balaban J connectivity index is 2.25. The highest BCUT2D eigenvalue weighted by Gasteiger charge is 2.55. The van der Waals surface area contributed by atoms with Gasteiger partial charge in [-0.1, -0.05) is 0 Å². The molecule has 0 aromatic heterocycles. The van der Waals surface area contributed by atoms with Crippen LogP contribution in [0.2, 0.25) is 0 Å². The summed E-state index contributed by atoms with van der Waals surface area (Å²) in [5, 5.41) is 60.2. The van der Waals surface area contributed by atoms with Crippen molar-refractivity contribution < 1.29 is 30.6 Å². The second-order valence-electron chi connectivity index (χ2n) is 4.53. The third-order valence-electron chi connectivity index (χ3n) is 3.58. The van der Waals surface area contributed by atoms with Gasteiger partial charge in [0.2, 0.25) is 0 Å². The van der Waals surface area contributed by atoms with Crippen LogP contribution in [-0.4, -0.2) is 79.8 Å². The molecule has 1 aliphatic heterocycles. The Labute approximate surface area is 92.0 Å². The highest BCUT2D eigenvalue weighted by atomic mass is 16.4. The molecule has 0 spiro atoms. The lowest BCUT2D eigenvalue weighted by molar-refractivity contribution is -0.0979. The molecule has 0 aromatic rings. The van der Waals surface area contributed by atoms with Crippen molar-refractivity contribution in [1.29, 1.82) is 0 Å². The zero-order valence-corrected chi connectivity index (χ0v) is 8.51. The fourth-order valence-electron chi connectivity index (χ4n) is 2.59. The molecule has 7 nitrogen and oxygen atoms in total. The average Bonchev–Trinajstić information content (AvgIpc) is 2.40. The van der Waals surface area contributed by atoms with Crippen LogP contribution < -0.4 is 5.32 Å². The summed E-state index contributed by atoms with van der Waals surface area (Å²) in [4.78, 5) is 0. The van der Waals surface area contributed by atoms with E-state index in [4.69, 9.17) is 0 Å². The predicted molar refractivity (Wildman–Crippen MR) is 51.3 cm³/mol. The molecule has 2 aliphatic rings. The van der Waals surface area contributed by atoms with Gasteiger partial charge in [-0.3, -0.25) is 0 Å². The van der Waals surface area contributed by atoms with Gasteiger partial charge in [-0.05, 0) is 0 Å². The van der Waals surface area contributed by atoms with Gasteiger partial charge in [0.15, 0.2) is 0 Å². The van der Waals surface area contributed by atoms with E-state index < -0.39 is 48.6 Å². The lowest BCUT2D eigenvalue weighted by Crippen LogP contribution is -2.46. The first-order chi connectivity index (χ1) is 7.45. The summed E-state index contributed by atoms with van der Waals surface area (Å²) in [6, 6.07) is -0.744. The van der Waals surface area contributed by atoms with Crippen molar-refractivity contribution in [3.63, 3.8) is 0 Å². The molecule has 0 radical (unpaired) electrons. The standard InChI is InChI=1S/C9H17NO6/c11-2-1-10-4-3(6(13)5(2)12)7(14)9(16)8(4)15/h2-16H,1H2/t2-,3+,4+,5-,6-,7+,8-,9-/m0/s1. The smallest absolute Gasteiger partial charge is 0.108 e. The monoisotopic (exact) mass is 235 g/mol. The molecule has 0 amide bonds. The summed E-state index contributed by atoms with van der Waals surface area (Å²) < 4.78 is 0. The van der Waals surface area contributed by atoms with Crippen LogP contribution in [0.25, 0.3) is 0 Å². The third kappa shape index (κ3) is 1.65. The van der Waals surface area contributed by atoms with Gasteiger partial charge in [0.05, 0.1) is 24.4 Å².